The van der Waals surface area contributed by atoms with Gasteiger partial charge in [-0.05, 0) is 96.3 Å². The highest BCUT2D eigenvalue weighted by atomic mass is 16.7. The molecule has 0 aromatic heterocycles. The van der Waals surface area contributed by atoms with Crippen LogP contribution in [0.15, 0.2) is 72.9 Å². The summed E-state index contributed by atoms with van der Waals surface area (Å²) in [6, 6.07) is -1.03. The third-order valence-electron chi connectivity index (χ3n) is 16.8. The molecular formula is C75H135NO10. The zero-order valence-corrected chi connectivity index (χ0v) is 55.7. The molecule has 1 rings (SSSR count). The highest BCUT2D eigenvalue weighted by Gasteiger charge is 2.47. The van der Waals surface area contributed by atoms with E-state index >= 15 is 0 Å². The van der Waals surface area contributed by atoms with Gasteiger partial charge in [0, 0.05) is 6.42 Å². The van der Waals surface area contributed by atoms with Crippen molar-refractivity contribution in [2.24, 2.45) is 0 Å². The smallest absolute Gasteiger partial charge is 0.306 e. The van der Waals surface area contributed by atoms with Gasteiger partial charge >= 0.3 is 5.97 Å². The molecule has 8 atom stereocenters. The van der Waals surface area contributed by atoms with Crippen molar-refractivity contribution in [3.05, 3.63) is 72.9 Å². The molecule has 0 aromatic rings. The zero-order chi connectivity index (χ0) is 62.4. The molecule has 0 aromatic carbocycles. The van der Waals surface area contributed by atoms with Crippen LogP contribution in [0.25, 0.3) is 0 Å². The molecule has 1 aliphatic heterocycles. The van der Waals surface area contributed by atoms with Gasteiger partial charge in [-0.3, -0.25) is 9.59 Å². The maximum absolute atomic E-state index is 13.5. The Balaban J connectivity index is 2.58. The zero-order valence-electron chi connectivity index (χ0n) is 55.7. The van der Waals surface area contributed by atoms with E-state index < -0.39 is 67.4 Å². The molecule has 6 N–H and O–H groups in total. The Bertz CT molecular complexity index is 1680. The van der Waals surface area contributed by atoms with E-state index in [0.717, 1.165) is 103 Å². The van der Waals surface area contributed by atoms with Crippen LogP contribution >= 0.6 is 0 Å². The van der Waals surface area contributed by atoms with E-state index in [1.165, 1.54) is 180 Å². The molecule has 8 unspecified atom stereocenters. The SMILES string of the molecule is CCCCC/C=C\C/C=C\C/C=C\C/C=C\CCCCCCCCCC(=O)OC1C(OCC(NC(=O)C(O)CCCCCCCCCCCCCC/C=C/CCCCCCCC)C(O)/C=C/CCCCCCCCCCCC)OC(CO)C(O)C1O. The van der Waals surface area contributed by atoms with Crippen LogP contribution in [0.2, 0.25) is 0 Å². The normalized spacial score (nSPS) is 18.7. The Kier molecular flexibility index (Phi) is 58.8. The van der Waals surface area contributed by atoms with E-state index in [1.54, 1.807) is 6.08 Å². The molecule has 1 fully saturated rings. The topological polar surface area (TPSA) is 175 Å². The first-order valence-corrected chi connectivity index (χ1v) is 36.2. The van der Waals surface area contributed by atoms with Crippen LogP contribution in [0, 0.1) is 0 Å². The predicted octanol–water partition coefficient (Wildman–Crippen LogP) is 18.7. The second kappa shape index (κ2) is 62.3. The third-order valence-corrected chi connectivity index (χ3v) is 16.8. The minimum Gasteiger partial charge on any atom is -0.454 e. The second-order valence-electron chi connectivity index (χ2n) is 25.0. The summed E-state index contributed by atoms with van der Waals surface area (Å²) in [5.41, 5.74) is 0. The van der Waals surface area contributed by atoms with Crippen LogP contribution in [0.4, 0.5) is 0 Å². The van der Waals surface area contributed by atoms with E-state index in [9.17, 15) is 35.1 Å². The van der Waals surface area contributed by atoms with Crippen LogP contribution in [0.1, 0.15) is 329 Å². The first-order valence-electron chi connectivity index (χ1n) is 36.2. The molecule has 0 radical (unpaired) electrons. The second-order valence-corrected chi connectivity index (χ2v) is 25.0. The van der Waals surface area contributed by atoms with Crippen molar-refractivity contribution in [3.63, 3.8) is 0 Å². The summed E-state index contributed by atoms with van der Waals surface area (Å²) in [6.45, 7) is 5.79. The van der Waals surface area contributed by atoms with Crippen molar-refractivity contribution in [1.82, 2.24) is 5.32 Å². The number of aliphatic hydroxyl groups is 5. The van der Waals surface area contributed by atoms with Crippen LogP contribution < -0.4 is 5.32 Å². The molecule has 1 heterocycles. The van der Waals surface area contributed by atoms with Crippen molar-refractivity contribution in [1.29, 1.82) is 0 Å². The lowest BCUT2D eigenvalue weighted by Crippen LogP contribution is -2.61. The number of carbonyl (C=O) groups is 2. The number of hydrogen-bond acceptors (Lipinski definition) is 10. The number of ether oxygens (including phenoxy) is 3. The van der Waals surface area contributed by atoms with Crippen molar-refractivity contribution in [3.8, 4) is 0 Å². The molecule has 0 bridgehead atoms. The van der Waals surface area contributed by atoms with Gasteiger partial charge in [0.25, 0.3) is 0 Å². The lowest BCUT2D eigenvalue weighted by molar-refractivity contribution is -0.305. The Morgan fingerprint density at radius 2 is 0.802 bits per heavy atom. The number of rotatable bonds is 62. The van der Waals surface area contributed by atoms with Gasteiger partial charge in [0.1, 0.15) is 24.4 Å². The lowest BCUT2D eigenvalue weighted by Gasteiger charge is -2.41. The summed E-state index contributed by atoms with van der Waals surface area (Å²) >= 11 is 0. The fraction of sp³-hybridized carbons (Fsp3) is 0.813. The third kappa shape index (κ3) is 49.0. The van der Waals surface area contributed by atoms with Crippen molar-refractivity contribution < 1.29 is 49.3 Å². The quantitative estimate of drug-likeness (QED) is 0.0195. The van der Waals surface area contributed by atoms with Crippen molar-refractivity contribution >= 4 is 11.9 Å². The number of carbonyl (C=O) groups excluding carboxylic acids is 2. The fourth-order valence-corrected chi connectivity index (χ4v) is 11.1. The van der Waals surface area contributed by atoms with E-state index in [4.69, 9.17) is 14.2 Å². The Morgan fingerprint density at radius 3 is 1.23 bits per heavy atom. The van der Waals surface area contributed by atoms with E-state index in [1.807, 2.05) is 6.08 Å². The maximum atomic E-state index is 13.5. The number of esters is 1. The summed E-state index contributed by atoms with van der Waals surface area (Å²) in [7, 11) is 0. The fourth-order valence-electron chi connectivity index (χ4n) is 11.1. The standard InChI is InChI=1S/C75H135NO10/c1-4-7-10-13-16-19-22-25-27-29-31-33-35-37-39-41-43-45-48-51-54-57-60-63-70(80)86-73-72(82)71(81)69(64-77)85-75(73)84-65-66(67(78)61-58-55-52-49-46-24-21-18-15-12-9-6-3)76-74(83)68(79)62-59-56-53-50-47-44-42-40-38-36-34-32-30-28-26-23-20-17-14-11-8-5-2/h16,19,25-28,31,33,37,39,58,61,66-69,71-73,75,77-79,81-82H,4-15,17-18,20-24,29-30,32,34-36,38,40-57,59-60,62-65H2,1-3H3,(H,76,83)/b19-16-,27-25-,28-26+,33-31-,39-37-,61-58+. The number of amides is 1. The number of hydrogen-bond donors (Lipinski definition) is 6. The first-order chi connectivity index (χ1) is 42.2. The molecule has 0 spiro atoms. The summed E-state index contributed by atoms with van der Waals surface area (Å²) in [5, 5.41) is 57.3. The van der Waals surface area contributed by atoms with Crippen LogP contribution in [0.3, 0.4) is 0 Å². The summed E-state index contributed by atoms with van der Waals surface area (Å²) < 4.78 is 17.7. The molecule has 1 saturated heterocycles. The minimum atomic E-state index is -1.62. The van der Waals surface area contributed by atoms with Gasteiger partial charge < -0.3 is 45.1 Å². The Morgan fingerprint density at radius 1 is 0.453 bits per heavy atom. The molecular weight excluding hydrogens is 1070 g/mol. The van der Waals surface area contributed by atoms with Crippen LogP contribution in [-0.4, -0.2) is 99.6 Å². The predicted molar refractivity (Wildman–Crippen MR) is 361 cm³/mol. The van der Waals surface area contributed by atoms with Crippen LogP contribution in [-0.2, 0) is 23.8 Å². The molecule has 1 amide bonds. The average Bonchev–Trinajstić information content (AvgIpc) is 3.39. The van der Waals surface area contributed by atoms with Gasteiger partial charge in [-0.25, -0.2) is 0 Å². The van der Waals surface area contributed by atoms with Crippen LogP contribution in [0.5, 0.6) is 0 Å². The van der Waals surface area contributed by atoms with Crippen molar-refractivity contribution in [2.45, 2.75) is 378 Å². The maximum Gasteiger partial charge on any atom is 0.306 e. The van der Waals surface area contributed by atoms with Gasteiger partial charge in [0.15, 0.2) is 12.4 Å². The van der Waals surface area contributed by atoms with Gasteiger partial charge in [0.05, 0.1) is 25.4 Å². The van der Waals surface area contributed by atoms with Gasteiger partial charge in [-0.15, -0.1) is 0 Å². The molecule has 11 nitrogen and oxygen atoms in total. The minimum absolute atomic E-state index is 0.110. The molecule has 1 aliphatic rings. The largest absolute Gasteiger partial charge is 0.454 e. The summed E-state index contributed by atoms with van der Waals surface area (Å²) in [6.07, 6.45) is 70.8. The van der Waals surface area contributed by atoms with Gasteiger partial charge in [-0.1, -0.05) is 299 Å². The Labute approximate surface area is 528 Å². The number of unbranched alkanes of at least 4 members (excludes halogenated alkanes) is 38. The Hall–Kier alpha value is -2.90. The van der Waals surface area contributed by atoms with Gasteiger partial charge in [-0.2, -0.15) is 0 Å². The monoisotopic (exact) mass is 1210 g/mol. The molecule has 0 aliphatic carbocycles. The van der Waals surface area contributed by atoms with E-state index in [2.05, 4.69) is 86.8 Å². The molecule has 86 heavy (non-hydrogen) atoms. The summed E-state index contributed by atoms with van der Waals surface area (Å²) in [4.78, 5) is 26.7. The molecule has 11 heteroatoms. The summed E-state index contributed by atoms with van der Waals surface area (Å²) in [5.74, 6) is -1.20. The number of nitrogens with one attached hydrogen (secondary N) is 1. The van der Waals surface area contributed by atoms with Crippen molar-refractivity contribution in [2.75, 3.05) is 13.2 Å². The number of allylic oxidation sites excluding steroid dienone is 11. The highest BCUT2D eigenvalue weighted by Crippen LogP contribution is 2.26. The molecule has 0 saturated carbocycles. The number of aliphatic hydroxyl groups excluding tert-OH is 5. The molecule has 500 valence electrons. The highest BCUT2D eigenvalue weighted by molar-refractivity contribution is 5.80. The average molecular weight is 1210 g/mol. The lowest BCUT2D eigenvalue weighted by atomic mass is 9.99. The van der Waals surface area contributed by atoms with Gasteiger partial charge in [0.2, 0.25) is 5.91 Å². The first kappa shape index (κ1) is 81.1. The van der Waals surface area contributed by atoms with E-state index in [0.29, 0.717) is 19.3 Å². The van der Waals surface area contributed by atoms with E-state index in [-0.39, 0.29) is 13.0 Å².